The van der Waals surface area contributed by atoms with Gasteiger partial charge in [-0.2, -0.15) is 11.8 Å². The lowest BCUT2D eigenvalue weighted by Crippen LogP contribution is -2.38. The van der Waals surface area contributed by atoms with Crippen LogP contribution in [0, 0.1) is 0 Å². The minimum absolute atomic E-state index is 0.0182. The topological polar surface area (TPSA) is 139 Å². The molecule has 1 amide bonds. The molecule has 0 atom stereocenters. The first kappa shape index (κ1) is 24.0. The molecule has 0 aliphatic carbocycles. The number of nitrogens with one attached hydrogen (secondary N) is 2. The van der Waals surface area contributed by atoms with Crippen molar-refractivity contribution in [2.45, 2.75) is 25.1 Å². The second-order valence-electron chi connectivity index (χ2n) is 7.28. The Morgan fingerprint density at radius 1 is 1.24 bits per heavy atom. The number of fused-ring (bicyclic) bond motifs is 1. The van der Waals surface area contributed by atoms with Crippen molar-refractivity contribution >= 4 is 35.4 Å². The van der Waals surface area contributed by atoms with E-state index in [0.717, 1.165) is 5.75 Å². The van der Waals surface area contributed by atoms with Crippen molar-refractivity contribution in [3.8, 4) is 0 Å². The van der Waals surface area contributed by atoms with Crippen LogP contribution >= 0.6 is 11.8 Å². The van der Waals surface area contributed by atoms with E-state index in [0.29, 0.717) is 40.3 Å². The van der Waals surface area contributed by atoms with Crippen molar-refractivity contribution in [3.05, 3.63) is 86.3 Å². The highest BCUT2D eigenvalue weighted by molar-refractivity contribution is 7.98. The van der Waals surface area contributed by atoms with E-state index < -0.39 is 5.69 Å². The molecular weight excluding hydrogens is 442 g/mol. The van der Waals surface area contributed by atoms with Crippen LogP contribution in [0.15, 0.2) is 57.7 Å². The molecule has 1 aromatic carbocycles. The molecule has 2 aromatic rings. The van der Waals surface area contributed by atoms with Crippen LogP contribution in [0.2, 0.25) is 0 Å². The van der Waals surface area contributed by atoms with Crippen molar-refractivity contribution in [2.24, 2.45) is 10.7 Å². The van der Waals surface area contributed by atoms with E-state index in [2.05, 4.69) is 21.9 Å². The molecule has 0 radical (unpaired) electrons. The molecule has 1 aromatic heterocycles. The van der Waals surface area contributed by atoms with Gasteiger partial charge in [0.05, 0.1) is 18.4 Å². The third kappa shape index (κ3) is 6.19. The lowest BCUT2D eigenvalue weighted by molar-refractivity contribution is -0.121. The first-order valence-electron chi connectivity index (χ1n) is 10.3. The predicted octanol–water partition coefficient (Wildman–Crippen LogP) is 1.23. The number of aliphatic imine (C=N–C) groups is 1. The lowest BCUT2D eigenvalue weighted by atomic mass is 10.1. The average molecular weight is 468 g/mol. The quantitative estimate of drug-likeness (QED) is 0.374. The molecule has 2 heterocycles. The van der Waals surface area contributed by atoms with Gasteiger partial charge >= 0.3 is 5.69 Å². The van der Waals surface area contributed by atoms with Gasteiger partial charge in [0.15, 0.2) is 5.78 Å². The van der Waals surface area contributed by atoms with Gasteiger partial charge in [-0.1, -0.05) is 36.9 Å². The Balaban J connectivity index is 1.55. The number of rotatable bonds is 9. The molecule has 1 aliphatic heterocycles. The molecule has 0 bridgehead atoms. The van der Waals surface area contributed by atoms with Gasteiger partial charge in [-0.05, 0) is 17.7 Å². The smallest absolute Gasteiger partial charge is 0.328 e. The number of benzene rings is 1. The number of carbonyl (C=O) groups excluding carboxylic acids is 2. The Morgan fingerprint density at radius 3 is 2.70 bits per heavy atom. The van der Waals surface area contributed by atoms with Crippen LogP contribution in [-0.4, -0.2) is 39.8 Å². The van der Waals surface area contributed by atoms with Crippen LogP contribution in [0.25, 0.3) is 5.70 Å². The van der Waals surface area contributed by atoms with Crippen molar-refractivity contribution in [1.29, 1.82) is 0 Å². The van der Waals surface area contributed by atoms with E-state index in [-0.39, 0.29) is 36.8 Å². The molecule has 0 spiro atoms. The Bertz CT molecular complexity index is 1220. The number of allylic oxidation sites excluding steroid dienone is 1. The van der Waals surface area contributed by atoms with Gasteiger partial charge in [0.2, 0.25) is 5.91 Å². The summed E-state index contributed by atoms with van der Waals surface area (Å²) in [6.45, 7) is 3.50. The summed E-state index contributed by atoms with van der Waals surface area (Å²) in [6.07, 6.45) is 5.16. The average Bonchev–Trinajstić information content (AvgIpc) is 2.82. The number of nitrogens with zero attached hydrogens (tertiary/aromatic N) is 2. The third-order valence-corrected chi connectivity index (χ3v) is 6.08. The largest absolute Gasteiger partial charge is 0.397 e. The highest BCUT2D eigenvalue weighted by Crippen LogP contribution is 2.20. The van der Waals surface area contributed by atoms with Gasteiger partial charge in [0.25, 0.3) is 5.56 Å². The third-order valence-electron chi connectivity index (χ3n) is 5.10. The van der Waals surface area contributed by atoms with Crippen LogP contribution < -0.4 is 22.3 Å². The molecule has 4 N–H and O–H groups in total. The monoisotopic (exact) mass is 467 g/mol. The van der Waals surface area contributed by atoms with Crippen LogP contribution in [-0.2, 0) is 23.5 Å². The molecule has 0 saturated carbocycles. The first-order chi connectivity index (χ1) is 15.9. The van der Waals surface area contributed by atoms with Crippen LogP contribution in [0.5, 0.6) is 0 Å². The Morgan fingerprint density at radius 2 is 1.97 bits per heavy atom. The van der Waals surface area contributed by atoms with E-state index in [1.807, 2.05) is 0 Å². The zero-order valence-electron chi connectivity index (χ0n) is 18.0. The highest BCUT2D eigenvalue weighted by atomic mass is 32.2. The van der Waals surface area contributed by atoms with Gasteiger partial charge in [0.1, 0.15) is 0 Å². The summed E-state index contributed by atoms with van der Waals surface area (Å²) < 4.78 is 1.45. The number of H-pyrrole nitrogens is 1. The van der Waals surface area contributed by atoms with Crippen molar-refractivity contribution in [1.82, 2.24) is 14.9 Å². The molecule has 9 nitrogen and oxygen atoms in total. The number of Topliss-reactive ketones (excluding diaryl/α,β-unsaturated/α-hetero) is 1. The fourth-order valence-corrected chi connectivity index (χ4v) is 4.34. The number of amides is 1. The summed E-state index contributed by atoms with van der Waals surface area (Å²) in [4.78, 5) is 55.2. The van der Waals surface area contributed by atoms with E-state index in [1.54, 1.807) is 36.0 Å². The summed E-state index contributed by atoms with van der Waals surface area (Å²) in [6, 6.07) is 6.67. The van der Waals surface area contributed by atoms with Crippen LogP contribution in [0.3, 0.4) is 0 Å². The number of thioether (sulfide) groups is 1. The summed E-state index contributed by atoms with van der Waals surface area (Å²) in [5.41, 5.74) is 7.93. The minimum atomic E-state index is -0.516. The molecule has 0 saturated heterocycles. The SMILES string of the molecule is C=C/C=N\C=C(/N)c1ccc(C(=O)CNC(=O)CCn2c3c(c(=O)[nH]c2=O)CSCC3)cc1. The fraction of sp³-hybridized carbons (Fsp3) is 0.261. The van der Waals surface area contributed by atoms with Gasteiger partial charge in [-0.15, -0.1) is 0 Å². The molecular formula is C23H25N5O4S. The number of hydrogen-bond acceptors (Lipinski definition) is 7. The summed E-state index contributed by atoms with van der Waals surface area (Å²) in [5.74, 6) is 0.759. The molecule has 3 rings (SSSR count). The maximum absolute atomic E-state index is 12.4. The zero-order valence-corrected chi connectivity index (χ0v) is 18.8. The normalized spacial score (nSPS) is 13.5. The van der Waals surface area contributed by atoms with Crippen molar-refractivity contribution < 1.29 is 9.59 Å². The van der Waals surface area contributed by atoms with Gasteiger partial charge in [-0.25, -0.2) is 4.79 Å². The Hall–Kier alpha value is -3.66. The number of ketones is 1. The standard InChI is InChI=1S/C23H25N5O4S/c1-2-9-25-12-18(24)15-3-5-16(6-4-15)20(29)13-26-21(30)7-10-28-19-8-11-33-14-17(19)22(31)27-23(28)32/h2-6,9,12H,1,7-8,10-11,13-14,24H2,(H,26,30)(H,27,31,32)/b18-12-,25-9-. The number of aromatic amines is 1. The molecule has 172 valence electrons. The van der Waals surface area contributed by atoms with Crippen molar-refractivity contribution in [3.63, 3.8) is 0 Å². The maximum Gasteiger partial charge on any atom is 0.328 e. The number of hydrogen-bond donors (Lipinski definition) is 3. The Labute approximate surface area is 194 Å². The maximum atomic E-state index is 12.4. The van der Waals surface area contributed by atoms with E-state index in [9.17, 15) is 19.2 Å². The number of nitrogens with two attached hydrogens (primary N) is 1. The summed E-state index contributed by atoms with van der Waals surface area (Å²) in [5, 5.41) is 2.59. The summed E-state index contributed by atoms with van der Waals surface area (Å²) in [7, 11) is 0. The van der Waals surface area contributed by atoms with E-state index >= 15 is 0 Å². The van der Waals surface area contributed by atoms with Crippen molar-refractivity contribution in [2.75, 3.05) is 12.3 Å². The van der Waals surface area contributed by atoms with Crippen LogP contribution in [0.1, 0.15) is 33.6 Å². The van der Waals surface area contributed by atoms with Gasteiger partial charge < -0.3 is 11.1 Å². The van der Waals surface area contributed by atoms with Crippen LogP contribution in [0.4, 0.5) is 0 Å². The van der Waals surface area contributed by atoms with E-state index in [1.165, 1.54) is 23.1 Å². The summed E-state index contributed by atoms with van der Waals surface area (Å²) >= 11 is 1.63. The highest BCUT2D eigenvalue weighted by Gasteiger charge is 2.19. The minimum Gasteiger partial charge on any atom is -0.397 e. The van der Waals surface area contributed by atoms with E-state index in [4.69, 9.17) is 5.73 Å². The zero-order chi connectivity index (χ0) is 23.8. The molecule has 10 heteroatoms. The molecule has 33 heavy (non-hydrogen) atoms. The predicted molar refractivity (Wildman–Crippen MR) is 130 cm³/mol. The Kier molecular flexibility index (Phi) is 8.20. The molecule has 1 aliphatic rings. The van der Waals surface area contributed by atoms with Gasteiger partial charge in [-0.3, -0.25) is 28.9 Å². The molecule has 0 fully saturated rings. The fourth-order valence-electron chi connectivity index (χ4n) is 3.36. The van der Waals surface area contributed by atoms with Gasteiger partial charge in [0, 0.05) is 41.8 Å². The first-order valence-corrected chi connectivity index (χ1v) is 11.5. The number of aromatic nitrogens is 2. The second-order valence-corrected chi connectivity index (χ2v) is 8.39. The number of carbonyl (C=O) groups is 2. The lowest BCUT2D eigenvalue weighted by Gasteiger charge is -2.19. The second kappa shape index (κ2) is 11.3. The molecule has 0 unspecified atom stereocenters.